The maximum Gasteiger partial charge on any atom is 0.219 e. The average molecular weight is 442 g/mol. The van der Waals surface area contributed by atoms with Crippen LogP contribution in [0.2, 0.25) is 0 Å². The second-order valence-electron chi connectivity index (χ2n) is 9.18. The van der Waals surface area contributed by atoms with E-state index in [1.165, 1.54) is 73.6 Å². The van der Waals surface area contributed by atoms with Crippen molar-refractivity contribution < 1.29 is 4.42 Å². The van der Waals surface area contributed by atoms with Gasteiger partial charge in [-0.1, -0.05) is 61.4 Å². The van der Waals surface area contributed by atoms with Crippen molar-refractivity contribution in [2.75, 3.05) is 4.90 Å². The molecule has 4 aromatic rings. The van der Waals surface area contributed by atoms with Gasteiger partial charge in [-0.05, 0) is 87.1 Å². The van der Waals surface area contributed by atoms with E-state index in [0.29, 0.717) is 0 Å². The standard InChI is InChI=1S/C29H31NOS/c1-6-7-8-9-22-16-20(4)27(21(5)17-22)30-24-12-10-19(3)15-26(24)32-28-23-14-18(2)11-13-25(23)31-29(28)30/h10-17H,6-9H2,1-5H3. The van der Waals surface area contributed by atoms with Crippen molar-refractivity contribution >= 4 is 40.0 Å². The summed E-state index contributed by atoms with van der Waals surface area (Å²) < 4.78 is 6.52. The molecule has 0 aliphatic carbocycles. The van der Waals surface area contributed by atoms with Crippen LogP contribution in [0, 0.1) is 27.7 Å². The third kappa shape index (κ3) is 3.63. The lowest BCUT2D eigenvalue weighted by Gasteiger charge is -2.32. The van der Waals surface area contributed by atoms with Crippen molar-refractivity contribution in [2.45, 2.75) is 70.1 Å². The molecule has 0 saturated heterocycles. The van der Waals surface area contributed by atoms with E-state index >= 15 is 0 Å². The SMILES string of the molecule is CCCCCc1cc(C)c(N2c3ccc(C)cc3Sc3c2oc2ccc(C)cc32)c(C)c1. The van der Waals surface area contributed by atoms with Crippen molar-refractivity contribution in [3.63, 3.8) is 0 Å². The van der Waals surface area contributed by atoms with E-state index in [4.69, 9.17) is 4.42 Å². The van der Waals surface area contributed by atoms with Gasteiger partial charge in [0.25, 0.3) is 0 Å². The Kier molecular flexibility index (Phi) is 5.54. The van der Waals surface area contributed by atoms with Crippen LogP contribution in [-0.2, 0) is 6.42 Å². The van der Waals surface area contributed by atoms with Gasteiger partial charge in [-0.3, -0.25) is 4.90 Å². The summed E-state index contributed by atoms with van der Waals surface area (Å²) in [5.74, 6) is 0.942. The highest BCUT2D eigenvalue weighted by molar-refractivity contribution is 8.00. The quantitative estimate of drug-likeness (QED) is 0.253. The molecule has 0 fully saturated rings. The summed E-state index contributed by atoms with van der Waals surface area (Å²) in [6.07, 6.45) is 4.95. The fraction of sp³-hybridized carbons (Fsp3) is 0.310. The van der Waals surface area contributed by atoms with Crippen LogP contribution in [-0.4, -0.2) is 0 Å². The minimum absolute atomic E-state index is 0.942. The molecule has 3 heteroatoms. The molecule has 5 rings (SSSR count). The molecule has 0 amide bonds. The van der Waals surface area contributed by atoms with Crippen LogP contribution in [0.15, 0.2) is 62.7 Å². The van der Waals surface area contributed by atoms with Crippen LogP contribution in [0.4, 0.5) is 17.3 Å². The van der Waals surface area contributed by atoms with Crippen LogP contribution in [0.25, 0.3) is 11.0 Å². The number of unbranched alkanes of at least 4 members (excludes halogenated alkanes) is 2. The van der Waals surface area contributed by atoms with E-state index < -0.39 is 0 Å². The number of hydrogen-bond donors (Lipinski definition) is 0. The fourth-order valence-electron chi connectivity index (χ4n) is 4.87. The molecular formula is C29H31NOS. The second-order valence-corrected chi connectivity index (χ2v) is 10.2. The Labute approximate surface area is 195 Å². The third-order valence-corrected chi connectivity index (χ3v) is 7.54. The summed E-state index contributed by atoms with van der Waals surface area (Å²) >= 11 is 1.83. The van der Waals surface area contributed by atoms with Crippen LogP contribution in [0.5, 0.6) is 0 Å². The summed E-state index contributed by atoms with van der Waals surface area (Å²) in [5.41, 5.74) is 9.98. The molecule has 0 saturated carbocycles. The molecule has 2 heterocycles. The van der Waals surface area contributed by atoms with Gasteiger partial charge in [0.1, 0.15) is 5.58 Å². The Balaban J connectivity index is 1.70. The monoisotopic (exact) mass is 441 g/mol. The summed E-state index contributed by atoms with van der Waals surface area (Å²) in [4.78, 5) is 4.86. The largest absolute Gasteiger partial charge is 0.439 e. The molecule has 0 unspecified atom stereocenters. The highest BCUT2D eigenvalue weighted by Crippen LogP contribution is 2.56. The predicted octanol–water partition coefficient (Wildman–Crippen LogP) is 9.33. The Morgan fingerprint density at radius 1 is 0.844 bits per heavy atom. The molecule has 1 aromatic heterocycles. The fourth-order valence-corrected chi connectivity index (χ4v) is 6.09. The highest BCUT2D eigenvalue weighted by atomic mass is 32.2. The topological polar surface area (TPSA) is 16.4 Å². The Morgan fingerprint density at radius 3 is 2.31 bits per heavy atom. The molecule has 1 aliphatic rings. The molecule has 164 valence electrons. The number of anilines is 3. The number of rotatable bonds is 5. The van der Waals surface area contributed by atoms with Gasteiger partial charge in [-0.25, -0.2) is 0 Å². The van der Waals surface area contributed by atoms with Gasteiger partial charge < -0.3 is 4.42 Å². The number of fused-ring (bicyclic) bond motifs is 4. The van der Waals surface area contributed by atoms with E-state index in [-0.39, 0.29) is 0 Å². The first-order valence-corrected chi connectivity index (χ1v) is 12.5. The molecular weight excluding hydrogens is 410 g/mol. The van der Waals surface area contributed by atoms with E-state index in [2.05, 4.69) is 88.0 Å². The number of nitrogens with zero attached hydrogens (tertiary/aromatic N) is 1. The molecule has 0 N–H and O–H groups in total. The maximum atomic E-state index is 6.52. The van der Waals surface area contributed by atoms with Crippen molar-refractivity contribution in [1.82, 2.24) is 0 Å². The molecule has 0 spiro atoms. The first kappa shape index (κ1) is 21.2. The van der Waals surface area contributed by atoms with Gasteiger partial charge in [0.05, 0.1) is 16.3 Å². The lowest BCUT2D eigenvalue weighted by molar-refractivity contribution is 0.611. The third-order valence-electron chi connectivity index (χ3n) is 6.40. The minimum Gasteiger partial charge on any atom is -0.439 e. The summed E-state index contributed by atoms with van der Waals surface area (Å²) in [5, 5.41) is 1.20. The number of benzene rings is 3. The van der Waals surface area contributed by atoms with Crippen LogP contribution < -0.4 is 4.90 Å². The van der Waals surface area contributed by atoms with Crippen molar-refractivity contribution in [3.8, 4) is 0 Å². The molecule has 3 aromatic carbocycles. The normalized spacial score (nSPS) is 12.8. The molecule has 0 bridgehead atoms. The molecule has 32 heavy (non-hydrogen) atoms. The van der Waals surface area contributed by atoms with Crippen LogP contribution >= 0.6 is 11.8 Å². The molecule has 0 atom stereocenters. The molecule has 1 aliphatic heterocycles. The first-order valence-electron chi connectivity index (χ1n) is 11.7. The smallest absolute Gasteiger partial charge is 0.219 e. The molecule has 2 nitrogen and oxygen atoms in total. The Morgan fingerprint density at radius 2 is 1.56 bits per heavy atom. The minimum atomic E-state index is 0.942. The summed E-state index contributed by atoms with van der Waals surface area (Å²) in [6.45, 7) is 11.1. The Hall–Kier alpha value is -2.65. The lowest BCUT2D eigenvalue weighted by Crippen LogP contribution is -2.16. The van der Waals surface area contributed by atoms with E-state index in [0.717, 1.165) is 17.9 Å². The van der Waals surface area contributed by atoms with Gasteiger partial charge in [0.2, 0.25) is 5.88 Å². The number of furan rings is 1. The van der Waals surface area contributed by atoms with E-state index in [9.17, 15) is 0 Å². The van der Waals surface area contributed by atoms with E-state index in [1.807, 2.05) is 11.8 Å². The van der Waals surface area contributed by atoms with Gasteiger partial charge in [-0.15, -0.1) is 0 Å². The zero-order valence-electron chi connectivity index (χ0n) is 19.7. The summed E-state index contributed by atoms with van der Waals surface area (Å²) in [7, 11) is 0. The number of aryl methyl sites for hydroxylation is 5. The van der Waals surface area contributed by atoms with Gasteiger partial charge in [0.15, 0.2) is 0 Å². The maximum absolute atomic E-state index is 6.52. The number of hydrogen-bond acceptors (Lipinski definition) is 3. The van der Waals surface area contributed by atoms with Gasteiger partial charge in [0, 0.05) is 10.3 Å². The van der Waals surface area contributed by atoms with Crippen LogP contribution in [0.3, 0.4) is 0 Å². The van der Waals surface area contributed by atoms with Crippen molar-refractivity contribution in [1.29, 1.82) is 0 Å². The van der Waals surface area contributed by atoms with E-state index in [1.54, 1.807) is 0 Å². The zero-order chi connectivity index (χ0) is 22.4. The average Bonchev–Trinajstić information content (AvgIpc) is 3.10. The van der Waals surface area contributed by atoms with Crippen LogP contribution in [0.1, 0.15) is 54.0 Å². The van der Waals surface area contributed by atoms with Crippen molar-refractivity contribution in [2.24, 2.45) is 0 Å². The van der Waals surface area contributed by atoms with Gasteiger partial charge in [-0.2, -0.15) is 0 Å². The first-order chi connectivity index (χ1) is 15.5. The zero-order valence-corrected chi connectivity index (χ0v) is 20.5. The second kappa shape index (κ2) is 8.37. The predicted molar refractivity (Wildman–Crippen MR) is 137 cm³/mol. The van der Waals surface area contributed by atoms with Gasteiger partial charge >= 0.3 is 0 Å². The molecule has 0 radical (unpaired) electrons. The summed E-state index contributed by atoms with van der Waals surface area (Å²) in [6, 6.07) is 18.0. The van der Waals surface area contributed by atoms with Crippen molar-refractivity contribution in [3.05, 3.63) is 76.3 Å². The lowest BCUT2D eigenvalue weighted by atomic mass is 9.99. The Bertz CT molecular complexity index is 1290. The highest BCUT2D eigenvalue weighted by Gasteiger charge is 2.32.